The smallest absolute Gasteiger partial charge is 0.265 e. The van der Waals surface area contributed by atoms with Gasteiger partial charge in [-0.1, -0.05) is 6.08 Å². The van der Waals surface area contributed by atoms with E-state index < -0.39 is 17.4 Å². The second-order valence-corrected chi connectivity index (χ2v) is 7.06. The van der Waals surface area contributed by atoms with Crippen molar-refractivity contribution in [3.8, 4) is 5.88 Å². The zero-order valence-corrected chi connectivity index (χ0v) is 18.2. The molecule has 0 radical (unpaired) electrons. The van der Waals surface area contributed by atoms with Crippen LogP contribution in [0.4, 0.5) is 0 Å². The molecule has 0 aliphatic carbocycles. The Morgan fingerprint density at radius 3 is 2.34 bits per heavy atom. The Hall–Kier alpha value is -2.63. The SMILES string of the molecule is COCCCN1C(=O)/C(=C/C=C/c2c(O)n(C)c(=S)n(C)c2=O)C(=O)N(C)C1=S. The molecule has 0 unspecified atom stereocenters. The molecule has 2 rings (SSSR count). The van der Waals surface area contributed by atoms with Crippen molar-refractivity contribution in [3.05, 3.63) is 38.4 Å². The molecule has 0 atom stereocenters. The van der Waals surface area contributed by atoms with Crippen LogP contribution in [0.25, 0.3) is 6.08 Å². The van der Waals surface area contributed by atoms with Gasteiger partial charge in [-0.25, -0.2) is 0 Å². The zero-order chi connectivity index (χ0) is 21.9. The van der Waals surface area contributed by atoms with E-state index in [4.69, 9.17) is 29.2 Å². The van der Waals surface area contributed by atoms with E-state index in [-0.39, 0.29) is 26.9 Å². The lowest BCUT2D eigenvalue weighted by Gasteiger charge is -2.34. The first-order valence-corrected chi connectivity index (χ1v) is 9.45. The van der Waals surface area contributed by atoms with Crippen LogP contribution in [0.1, 0.15) is 12.0 Å². The molecule has 0 spiro atoms. The van der Waals surface area contributed by atoms with Crippen LogP contribution < -0.4 is 5.56 Å². The molecule has 2 amide bonds. The van der Waals surface area contributed by atoms with Gasteiger partial charge in [-0.3, -0.25) is 33.3 Å². The summed E-state index contributed by atoms with van der Waals surface area (Å²) in [7, 11) is 6.05. The van der Waals surface area contributed by atoms with Gasteiger partial charge >= 0.3 is 0 Å². The maximum Gasteiger partial charge on any atom is 0.265 e. The molecule has 1 aromatic rings. The third-order valence-electron chi connectivity index (χ3n) is 4.45. The molecule has 0 bridgehead atoms. The number of amides is 2. The number of hydrogen-bond acceptors (Lipinski definition) is 7. The Kier molecular flexibility index (Phi) is 7.22. The first kappa shape index (κ1) is 22.7. The van der Waals surface area contributed by atoms with Crippen LogP contribution in [0.15, 0.2) is 22.5 Å². The third kappa shape index (κ3) is 4.36. The number of hydrogen-bond donors (Lipinski definition) is 1. The average molecular weight is 439 g/mol. The molecule has 11 heteroatoms. The topological polar surface area (TPSA) is 97.0 Å². The van der Waals surface area contributed by atoms with Crippen LogP contribution in [0.2, 0.25) is 0 Å². The van der Waals surface area contributed by atoms with Crippen molar-refractivity contribution < 1.29 is 19.4 Å². The number of aromatic nitrogens is 2. The van der Waals surface area contributed by atoms with E-state index in [0.29, 0.717) is 19.6 Å². The summed E-state index contributed by atoms with van der Waals surface area (Å²) < 4.78 is 7.64. The summed E-state index contributed by atoms with van der Waals surface area (Å²) in [6.07, 6.45) is 4.54. The number of allylic oxidation sites excluding steroid dienone is 2. The van der Waals surface area contributed by atoms with E-state index in [9.17, 15) is 19.5 Å². The predicted octanol–water partition coefficient (Wildman–Crippen LogP) is 0.720. The first-order chi connectivity index (χ1) is 13.6. The number of carbonyl (C=O) groups excluding carboxylic acids is 2. The van der Waals surface area contributed by atoms with Gasteiger partial charge in [0.15, 0.2) is 9.88 Å². The molecule has 1 aliphatic rings. The Balaban J connectivity index is 2.39. The quantitative estimate of drug-likeness (QED) is 0.303. The molecule has 29 heavy (non-hydrogen) atoms. The van der Waals surface area contributed by atoms with Gasteiger partial charge in [-0.15, -0.1) is 0 Å². The van der Waals surface area contributed by atoms with Gasteiger partial charge in [0.05, 0.1) is 0 Å². The maximum atomic E-state index is 12.7. The van der Waals surface area contributed by atoms with Crippen molar-refractivity contribution in [1.29, 1.82) is 0 Å². The summed E-state index contributed by atoms with van der Waals surface area (Å²) in [5.41, 5.74) is -0.617. The normalized spacial score (nSPS) is 16.6. The highest BCUT2D eigenvalue weighted by molar-refractivity contribution is 7.80. The Morgan fingerprint density at radius 2 is 1.72 bits per heavy atom. The second-order valence-electron chi connectivity index (χ2n) is 6.33. The molecule has 1 saturated heterocycles. The minimum Gasteiger partial charge on any atom is -0.494 e. The van der Waals surface area contributed by atoms with Crippen molar-refractivity contribution in [3.63, 3.8) is 0 Å². The molecule has 0 aromatic carbocycles. The summed E-state index contributed by atoms with van der Waals surface area (Å²) in [5, 5.41) is 10.3. The maximum absolute atomic E-state index is 12.7. The Morgan fingerprint density at radius 1 is 1.07 bits per heavy atom. The summed E-state index contributed by atoms with van der Waals surface area (Å²) in [6, 6.07) is 0. The number of aromatic hydroxyl groups is 1. The van der Waals surface area contributed by atoms with E-state index >= 15 is 0 Å². The van der Waals surface area contributed by atoms with E-state index in [1.54, 1.807) is 7.11 Å². The number of carbonyl (C=O) groups is 2. The summed E-state index contributed by atoms with van der Waals surface area (Å²) in [6.45, 7) is 0.753. The largest absolute Gasteiger partial charge is 0.494 e. The predicted molar refractivity (Wildman–Crippen MR) is 114 cm³/mol. The highest BCUT2D eigenvalue weighted by atomic mass is 32.1. The van der Waals surface area contributed by atoms with Crippen molar-refractivity contribution >= 4 is 47.4 Å². The van der Waals surface area contributed by atoms with Gasteiger partial charge < -0.3 is 9.84 Å². The fourth-order valence-corrected chi connectivity index (χ4v) is 3.15. The molecule has 156 valence electrons. The monoisotopic (exact) mass is 438 g/mol. The van der Waals surface area contributed by atoms with Gasteiger partial charge in [0.25, 0.3) is 17.4 Å². The van der Waals surface area contributed by atoms with Crippen molar-refractivity contribution in [2.75, 3.05) is 27.3 Å². The fraction of sp³-hybridized carbons (Fsp3) is 0.389. The van der Waals surface area contributed by atoms with Gasteiger partial charge in [0.2, 0.25) is 5.88 Å². The standard InChI is InChI=1S/C18H22N4O5S2/c1-19-13(23)11(14(24)20(2)17(19)28)7-5-8-12-15(25)21(3)18(29)22(16(12)26)9-6-10-27-4/h5,7-8,23H,6,9-10H2,1-4H3/b7-5+,12-8+. The van der Waals surface area contributed by atoms with Crippen molar-refractivity contribution in [1.82, 2.24) is 18.9 Å². The number of nitrogens with zero attached hydrogens (tertiary/aromatic N) is 4. The zero-order valence-electron chi connectivity index (χ0n) is 16.5. The van der Waals surface area contributed by atoms with Crippen LogP contribution in [0.5, 0.6) is 5.88 Å². The Bertz CT molecular complexity index is 1040. The van der Waals surface area contributed by atoms with Gasteiger partial charge in [-0.2, -0.15) is 0 Å². The summed E-state index contributed by atoms with van der Waals surface area (Å²) >= 11 is 10.3. The van der Waals surface area contributed by atoms with Crippen LogP contribution in [0, 0.1) is 4.77 Å². The Labute approximate surface area is 178 Å². The third-order valence-corrected chi connectivity index (χ3v) is 5.49. The van der Waals surface area contributed by atoms with Crippen LogP contribution in [0.3, 0.4) is 0 Å². The lowest BCUT2D eigenvalue weighted by molar-refractivity contribution is -0.133. The van der Waals surface area contributed by atoms with Crippen LogP contribution in [-0.4, -0.2) is 68.3 Å². The molecule has 2 heterocycles. The summed E-state index contributed by atoms with van der Waals surface area (Å²) in [5.74, 6) is -1.38. The van der Waals surface area contributed by atoms with E-state index in [1.165, 1.54) is 58.3 Å². The first-order valence-electron chi connectivity index (χ1n) is 8.63. The van der Waals surface area contributed by atoms with Gasteiger partial charge in [-0.05, 0) is 43.0 Å². The number of thiocarbonyl (C=S) groups is 1. The van der Waals surface area contributed by atoms with Crippen molar-refractivity contribution in [2.45, 2.75) is 6.42 Å². The van der Waals surface area contributed by atoms with E-state index in [2.05, 4.69) is 0 Å². The number of rotatable bonds is 6. The molecule has 1 fully saturated rings. The number of methoxy groups -OCH3 is 1. The molecule has 9 nitrogen and oxygen atoms in total. The molecule has 0 saturated carbocycles. The molecule has 1 N–H and O–H groups in total. The van der Waals surface area contributed by atoms with E-state index in [0.717, 1.165) is 0 Å². The minimum atomic E-state index is -0.545. The highest BCUT2D eigenvalue weighted by Crippen LogP contribution is 2.18. The molecular formula is C18H22N4O5S2. The minimum absolute atomic E-state index is 0.0167. The van der Waals surface area contributed by atoms with Gasteiger partial charge in [0, 0.05) is 41.4 Å². The molecular weight excluding hydrogens is 416 g/mol. The number of ether oxygens (including phenoxy) is 1. The lowest BCUT2D eigenvalue weighted by atomic mass is 10.1. The molecule has 1 aliphatic heterocycles. The molecule has 1 aromatic heterocycles. The van der Waals surface area contributed by atoms with Crippen LogP contribution in [-0.2, 0) is 28.4 Å². The fourth-order valence-electron chi connectivity index (χ4n) is 2.72. The van der Waals surface area contributed by atoms with E-state index in [1.807, 2.05) is 0 Å². The highest BCUT2D eigenvalue weighted by Gasteiger charge is 2.36. The van der Waals surface area contributed by atoms with Gasteiger partial charge in [0.1, 0.15) is 11.1 Å². The lowest BCUT2D eigenvalue weighted by Crippen LogP contribution is -2.54. The van der Waals surface area contributed by atoms with Crippen molar-refractivity contribution in [2.24, 2.45) is 14.1 Å². The second kappa shape index (κ2) is 9.25. The van der Waals surface area contributed by atoms with Crippen LogP contribution >= 0.6 is 24.4 Å². The average Bonchev–Trinajstić information content (AvgIpc) is 2.70. The summed E-state index contributed by atoms with van der Waals surface area (Å²) in [4.78, 5) is 40.1. The number of likely N-dealkylation sites (N-methyl/N-ethyl adjacent to an activating group) is 1.